The van der Waals surface area contributed by atoms with Gasteiger partial charge in [-0.3, -0.25) is 9.69 Å². The van der Waals surface area contributed by atoms with Crippen LogP contribution in [0.25, 0.3) is 6.08 Å². The third kappa shape index (κ3) is 4.07. The van der Waals surface area contributed by atoms with Crippen molar-refractivity contribution in [3.8, 4) is 11.5 Å². The largest absolute Gasteiger partial charge is 0.490 e. The Balaban J connectivity index is 2.40. The molecule has 0 aliphatic carbocycles. The molecule has 1 aromatic carbocycles. The summed E-state index contributed by atoms with van der Waals surface area (Å²) in [6.45, 7) is 4.08. The van der Waals surface area contributed by atoms with Crippen LogP contribution in [0.2, 0.25) is 0 Å². The van der Waals surface area contributed by atoms with E-state index in [9.17, 15) is 9.59 Å². The Morgan fingerprint density at radius 2 is 2.12 bits per heavy atom. The van der Waals surface area contributed by atoms with E-state index in [0.717, 1.165) is 0 Å². The summed E-state index contributed by atoms with van der Waals surface area (Å²) in [5.41, 5.74) is 0.568. The first-order chi connectivity index (χ1) is 11.5. The molecule has 0 aromatic heterocycles. The van der Waals surface area contributed by atoms with Gasteiger partial charge in [0, 0.05) is 12.1 Å². The quantitative estimate of drug-likeness (QED) is 0.586. The first-order valence-electron chi connectivity index (χ1n) is 7.33. The van der Waals surface area contributed by atoms with Crippen LogP contribution in [-0.4, -0.2) is 46.0 Å². The van der Waals surface area contributed by atoms with E-state index in [1.54, 1.807) is 24.3 Å². The van der Waals surface area contributed by atoms with Crippen molar-refractivity contribution in [2.24, 2.45) is 0 Å². The molecular formula is C16H17NO5S2. The SMILES string of the molecule is CCOc1cccc(C=C2SC(=S)N(CC)C2=O)c1OCC(=O)O. The zero-order valence-electron chi connectivity index (χ0n) is 13.3. The highest BCUT2D eigenvalue weighted by molar-refractivity contribution is 8.26. The van der Waals surface area contributed by atoms with Crippen molar-refractivity contribution in [2.45, 2.75) is 13.8 Å². The molecule has 1 heterocycles. The van der Waals surface area contributed by atoms with Crippen LogP contribution in [0.3, 0.4) is 0 Å². The van der Waals surface area contributed by atoms with Crippen LogP contribution in [0.15, 0.2) is 23.1 Å². The van der Waals surface area contributed by atoms with Gasteiger partial charge in [0.2, 0.25) is 0 Å². The maximum absolute atomic E-state index is 12.3. The fraction of sp³-hybridized carbons (Fsp3) is 0.312. The Labute approximate surface area is 149 Å². The number of thiocarbonyl (C=S) groups is 1. The maximum atomic E-state index is 12.3. The van der Waals surface area contributed by atoms with Gasteiger partial charge in [-0.25, -0.2) is 4.79 Å². The lowest BCUT2D eigenvalue weighted by Gasteiger charge is -2.13. The number of nitrogens with zero attached hydrogens (tertiary/aromatic N) is 1. The number of amides is 1. The van der Waals surface area contributed by atoms with Crippen molar-refractivity contribution in [1.29, 1.82) is 0 Å². The summed E-state index contributed by atoms with van der Waals surface area (Å²) in [5, 5.41) is 8.85. The van der Waals surface area contributed by atoms with Crippen molar-refractivity contribution in [3.05, 3.63) is 28.7 Å². The second kappa shape index (κ2) is 8.16. The highest BCUT2D eigenvalue weighted by atomic mass is 32.2. The molecule has 0 spiro atoms. The molecule has 1 aromatic rings. The summed E-state index contributed by atoms with van der Waals surface area (Å²) in [4.78, 5) is 25.1. The van der Waals surface area contributed by atoms with Crippen molar-refractivity contribution in [3.63, 3.8) is 0 Å². The number of rotatable bonds is 7. The fourth-order valence-corrected chi connectivity index (χ4v) is 3.49. The minimum absolute atomic E-state index is 0.168. The molecular weight excluding hydrogens is 350 g/mol. The van der Waals surface area contributed by atoms with E-state index in [1.165, 1.54) is 16.7 Å². The first-order valence-corrected chi connectivity index (χ1v) is 8.56. The smallest absolute Gasteiger partial charge is 0.341 e. The van der Waals surface area contributed by atoms with Crippen LogP contribution in [0.4, 0.5) is 0 Å². The molecule has 1 amide bonds. The second-order valence-electron chi connectivity index (χ2n) is 4.72. The van der Waals surface area contributed by atoms with Gasteiger partial charge in [0.15, 0.2) is 18.1 Å². The Morgan fingerprint density at radius 3 is 2.71 bits per heavy atom. The number of aliphatic carboxylic acids is 1. The van der Waals surface area contributed by atoms with Gasteiger partial charge >= 0.3 is 5.97 Å². The van der Waals surface area contributed by atoms with E-state index in [1.807, 2.05) is 13.8 Å². The Kier molecular flexibility index (Phi) is 6.22. The number of ether oxygens (including phenoxy) is 2. The Morgan fingerprint density at radius 1 is 1.38 bits per heavy atom. The molecule has 0 bridgehead atoms. The van der Waals surface area contributed by atoms with Crippen LogP contribution in [0.1, 0.15) is 19.4 Å². The number of benzene rings is 1. The molecule has 1 aliphatic rings. The van der Waals surface area contributed by atoms with Gasteiger partial charge in [0.1, 0.15) is 4.32 Å². The second-order valence-corrected chi connectivity index (χ2v) is 6.39. The third-order valence-corrected chi connectivity index (χ3v) is 4.50. The average molecular weight is 367 g/mol. The fourth-order valence-electron chi connectivity index (χ4n) is 2.12. The highest BCUT2D eigenvalue weighted by Gasteiger charge is 2.31. The van der Waals surface area contributed by atoms with E-state index in [4.69, 9.17) is 26.8 Å². The number of hydrogen-bond acceptors (Lipinski definition) is 6. The van der Waals surface area contributed by atoms with Crippen molar-refractivity contribution >= 4 is 46.3 Å². The van der Waals surface area contributed by atoms with Gasteiger partial charge in [-0.15, -0.1) is 0 Å². The summed E-state index contributed by atoms with van der Waals surface area (Å²) in [6.07, 6.45) is 1.65. The molecule has 2 rings (SSSR count). The number of thioether (sulfide) groups is 1. The first kappa shape index (κ1) is 18.3. The number of para-hydroxylation sites is 1. The lowest BCUT2D eigenvalue weighted by atomic mass is 10.1. The lowest BCUT2D eigenvalue weighted by molar-refractivity contribution is -0.139. The molecule has 8 heteroatoms. The molecule has 0 saturated carbocycles. The van der Waals surface area contributed by atoms with Gasteiger partial charge < -0.3 is 14.6 Å². The monoisotopic (exact) mass is 367 g/mol. The summed E-state index contributed by atoms with van der Waals surface area (Å²) in [6, 6.07) is 5.18. The Bertz CT molecular complexity index is 702. The number of carbonyl (C=O) groups is 2. The van der Waals surface area contributed by atoms with E-state index >= 15 is 0 Å². The zero-order chi connectivity index (χ0) is 17.7. The molecule has 0 unspecified atom stereocenters. The van der Waals surface area contributed by atoms with Crippen LogP contribution < -0.4 is 9.47 Å². The highest BCUT2D eigenvalue weighted by Crippen LogP contribution is 2.37. The van der Waals surface area contributed by atoms with Crippen molar-refractivity contribution < 1.29 is 24.2 Å². The molecule has 1 N–H and O–H groups in total. The normalized spacial score (nSPS) is 15.9. The summed E-state index contributed by atoms with van der Waals surface area (Å²) in [5.74, 6) is -0.537. The van der Waals surface area contributed by atoms with Crippen LogP contribution >= 0.6 is 24.0 Å². The number of hydrogen-bond donors (Lipinski definition) is 1. The predicted molar refractivity (Wildman–Crippen MR) is 96.3 cm³/mol. The van der Waals surface area contributed by atoms with Gasteiger partial charge in [-0.1, -0.05) is 36.1 Å². The van der Waals surface area contributed by atoms with Gasteiger partial charge in [-0.2, -0.15) is 0 Å². The number of likely N-dealkylation sites (N-methyl/N-ethyl adjacent to an activating group) is 1. The summed E-state index contributed by atoms with van der Waals surface area (Å²) >= 11 is 6.40. The van der Waals surface area contributed by atoms with E-state index in [2.05, 4.69) is 0 Å². The van der Waals surface area contributed by atoms with Crippen LogP contribution in [0.5, 0.6) is 11.5 Å². The summed E-state index contributed by atoms with van der Waals surface area (Å²) in [7, 11) is 0. The van der Waals surface area contributed by atoms with Crippen LogP contribution in [0, 0.1) is 0 Å². The Hall–Kier alpha value is -2.06. The molecule has 1 fully saturated rings. The van der Waals surface area contributed by atoms with Crippen molar-refractivity contribution in [1.82, 2.24) is 4.90 Å². The van der Waals surface area contributed by atoms with E-state index < -0.39 is 12.6 Å². The average Bonchev–Trinajstić information content (AvgIpc) is 2.80. The third-order valence-electron chi connectivity index (χ3n) is 3.13. The molecule has 128 valence electrons. The minimum Gasteiger partial charge on any atom is -0.490 e. The van der Waals surface area contributed by atoms with Gasteiger partial charge in [0.25, 0.3) is 5.91 Å². The van der Waals surface area contributed by atoms with Crippen LogP contribution in [-0.2, 0) is 9.59 Å². The van der Waals surface area contributed by atoms with Gasteiger partial charge in [0.05, 0.1) is 11.5 Å². The van der Waals surface area contributed by atoms with E-state index in [0.29, 0.717) is 39.4 Å². The van der Waals surface area contributed by atoms with Gasteiger partial charge in [-0.05, 0) is 26.0 Å². The maximum Gasteiger partial charge on any atom is 0.341 e. The number of carboxylic acid groups (broad SMARTS) is 1. The topological polar surface area (TPSA) is 76.1 Å². The predicted octanol–water partition coefficient (Wildman–Crippen LogP) is 2.77. The summed E-state index contributed by atoms with van der Waals surface area (Å²) < 4.78 is 11.4. The van der Waals surface area contributed by atoms with E-state index in [-0.39, 0.29) is 5.91 Å². The number of carboxylic acids is 1. The zero-order valence-corrected chi connectivity index (χ0v) is 14.9. The molecule has 1 saturated heterocycles. The molecule has 1 aliphatic heterocycles. The minimum atomic E-state index is -1.09. The lowest BCUT2D eigenvalue weighted by Crippen LogP contribution is -2.27. The molecule has 0 radical (unpaired) electrons. The standard InChI is InChI=1S/C16H17NO5S2/c1-3-17-15(20)12(24-16(17)23)8-10-6-5-7-11(21-4-2)14(10)22-9-13(18)19/h5-8H,3-4,9H2,1-2H3,(H,18,19). The number of carbonyl (C=O) groups excluding carboxylic acids is 1. The van der Waals surface area contributed by atoms with Crippen molar-refractivity contribution in [2.75, 3.05) is 19.8 Å². The molecule has 0 atom stereocenters. The molecule has 6 nitrogen and oxygen atoms in total. The molecule has 24 heavy (non-hydrogen) atoms.